The number of carbonyl (C=O) groups excluding carboxylic acids is 1. The summed E-state index contributed by atoms with van der Waals surface area (Å²) in [4.78, 5) is 19.7. The van der Waals surface area contributed by atoms with Crippen molar-refractivity contribution in [1.29, 1.82) is 0 Å². The highest BCUT2D eigenvalue weighted by Gasteiger charge is 2.13. The molecule has 0 bridgehead atoms. The van der Waals surface area contributed by atoms with Gasteiger partial charge < -0.3 is 9.47 Å². The molecule has 23 heavy (non-hydrogen) atoms. The van der Waals surface area contributed by atoms with Crippen molar-refractivity contribution in [2.75, 3.05) is 7.05 Å². The maximum atomic E-state index is 12.5. The molecule has 1 aromatic carbocycles. The third-order valence-corrected chi connectivity index (χ3v) is 5.21. The number of nitrogens with zero attached hydrogens (tertiary/aromatic N) is 3. The molecular formula is C17H18ClN3OS. The number of amides is 1. The minimum absolute atomic E-state index is 0.0482. The molecule has 0 fully saturated rings. The summed E-state index contributed by atoms with van der Waals surface area (Å²) in [6.07, 6.45) is 1.73. The normalized spacial score (nSPS) is 11.1. The quantitative estimate of drug-likeness (QED) is 0.714. The minimum Gasteiger partial charge on any atom is -0.339 e. The van der Waals surface area contributed by atoms with Crippen LogP contribution < -0.4 is 0 Å². The summed E-state index contributed by atoms with van der Waals surface area (Å²) in [6, 6.07) is 7.96. The third kappa shape index (κ3) is 3.41. The Bertz CT molecular complexity index is 868. The highest BCUT2D eigenvalue weighted by atomic mass is 35.5. The van der Waals surface area contributed by atoms with Crippen LogP contribution in [-0.4, -0.2) is 27.4 Å². The van der Waals surface area contributed by atoms with Gasteiger partial charge >= 0.3 is 0 Å². The number of hydrogen-bond donors (Lipinski definition) is 0. The molecule has 3 aromatic rings. The van der Waals surface area contributed by atoms with Gasteiger partial charge in [-0.2, -0.15) is 0 Å². The zero-order valence-electron chi connectivity index (χ0n) is 13.3. The van der Waals surface area contributed by atoms with Crippen molar-refractivity contribution < 1.29 is 4.79 Å². The second kappa shape index (κ2) is 6.34. The fourth-order valence-electron chi connectivity index (χ4n) is 2.46. The van der Waals surface area contributed by atoms with E-state index >= 15 is 0 Å². The molecular weight excluding hydrogens is 330 g/mol. The maximum absolute atomic E-state index is 12.5. The number of aryl methyl sites for hydroxylation is 2. The van der Waals surface area contributed by atoms with E-state index in [0.717, 1.165) is 20.2 Å². The third-order valence-electron chi connectivity index (χ3n) is 3.99. The first kappa shape index (κ1) is 16.0. The Hall–Kier alpha value is -1.85. The van der Waals surface area contributed by atoms with E-state index in [2.05, 4.69) is 31.0 Å². The van der Waals surface area contributed by atoms with Crippen LogP contribution in [0.4, 0.5) is 0 Å². The zero-order chi connectivity index (χ0) is 16.6. The molecule has 6 heteroatoms. The lowest BCUT2D eigenvalue weighted by atomic mass is 10.1. The molecule has 0 radical (unpaired) electrons. The number of hydrogen-bond acceptors (Lipinski definition) is 3. The molecule has 0 aliphatic rings. The number of halogens is 1. The summed E-state index contributed by atoms with van der Waals surface area (Å²) in [7, 11) is 1.81. The fourth-order valence-corrected chi connectivity index (χ4v) is 3.61. The molecule has 0 atom stereocenters. The molecule has 0 unspecified atom stereocenters. The maximum Gasteiger partial charge on any atom is 0.242 e. The molecule has 3 rings (SSSR count). The number of carbonyl (C=O) groups is 1. The molecule has 2 aromatic heterocycles. The van der Waals surface area contributed by atoms with Crippen molar-refractivity contribution in [3.63, 3.8) is 0 Å². The Kier molecular flexibility index (Phi) is 4.41. The summed E-state index contributed by atoms with van der Waals surface area (Å²) in [5.74, 6) is 0.0482. The van der Waals surface area contributed by atoms with Crippen molar-refractivity contribution in [2.24, 2.45) is 0 Å². The Balaban J connectivity index is 1.76. The van der Waals surface area contributed by atoms with Gasteiger partial charge in [0, 0.05) is 11.9 Å². The second-order valence-corrected chi connectivity index (χ2v) is 7.55. The van der Waals surface area contributed by atoms with Crippen molar-refractivity contribution >= 4 is 39.9 Å². The Morgan fingerprint density at radius 3 is 2.74 bits per heavy atom. The number of fused-ring (bicyclic) bond motifs is 1. The molecule has 120 valence electrons. The summed E-state index contributed by atoms with van der Waals surface area (Å²) < 4.78 is 2.65. The van der Waals surface area contributed by atoms with E-state index in [9.17, 15) is 4.79 Å². The molecule has 0 saturated carbocycles. The van der Waals surface area contributed by atoms with E-state index in [1.54, 1.807) is 11.2 Å². The number of aromatic nitrogens is 2. The van der Waals surface area contributed by atoms with E-state index in [1.807, 2.05) is 23.7 Å². The van der Waals surface area contributed by atoms with E-state index in [0.29, 0.717) is 6.54 Å². The molecule has 0 aliphatic heterocycles. The minimum atomic E-state index is 0.0482. The number of imidazole rings is 1. The van der Waals surface area contributed by atoms with Gasteiger partial charge in [-0.3, -0.25) is 4.79 Å². The van der Waals surface area contributed by atoms with Crippen molar-refractivity contribution in [2.45, 2.75) is 26.9 Å². The summed E-state index contributed by atoms with van der Waals surface area (Å²) in [5, 5.41) is 0. The van der Waals surface area contributed by atoms with Crippen LogP contribution in [0.2, 0.25) is 4.34 Å². The van der Waals surface area contributed by atoms with Gasteiger partial charge in [0.05, 0.1) is 28.2 Å². The van der Waals surface area contributed by atoms with E-state index in [-0.39, 0.29) is 12.5 Å². The molecule has 1 amide bonds. The summed E-state index contributed by atoms with van der Waals surface area (Å²) in [5.41, 5.74) is 4.33. The van der Waals surface area contributed by atoms with E-state index in [1.165, 1.54) is 22.5 Å². The van der Waals surface area contributed by atoms with Crippen LogP contribution >= 0.6 is 22.9 Å². The van der Waals surface area contributed by atoms with Crippen molar-refractivity contribution in [3.05, 3.63) is 50.9 Å². The molecule has 0 aliphatic carbocycles. The van der Waals surface area contributed by atoms with Crippen LogP contribution in [0.3, 0.4) is 0 Å². The average Bonchev–Trinajstić information content (AvgIpc) is 3.07. The van der Waals surface area contributed by atoms with Crippen LogP contribution in [-0.2, 0) is 17.9 Å². The topological polar surface area (TPSA) is 38.1 Å². The first-order valence-corrected chi connectivity index (χ1v) is 8.54. The fraction of sp³-hybridized carbons (Fsp3) is 0.294. The summed E-state index contributed by atoms with van der Waals surface area (Å²) >= 11 is 7.43. The highest BCUT2D eigenvalue weighted by molar-refractivity contribution is 7.16. The average molecular weight is 348 g/mol. The van der Waals surface area contributed by atoms with Gasteiger partial charge in [0.1, 0.15) is 6.54 Å². The number of thiophene rings is 1. The predicted octanol–water partition coefficient (Wildman–Crippen LogP) is 4.03. The van der Waals surface area contributed by atoms with E-state index in [4.69, 9.17) is 11.6 Å². The van der Waals surface area contributed by atoms with Gasteiger partial charge in [0.25, 0.3) is 0 Å². The van der Waals surface area contributed by atoms with Gasteiger partial charge in [0.2, 0.25) is 5.91 Å². The standard InChI is InChI=1S/C17H18ClN3OS/c1-11-6-14-15(7-12(11)2)21(10-19-14)9-17(22)20(3)8-13-4-5-16(18)23-13/h4-7,10H,8-9H2,1-3H3. The largest absolute Gasteiger partial charge is 0.339 e. The predicted molar refractivity (Wildman–Crippen MR) is 95.0 cm³/mol. The molecule has 2 heterocycles. The van der Waals surface area contributed by atoms with Gasteiger partial charge in [-0.1, -0.05) is 11.6 Å². The lowest BCUT2D eigenvalue weighted by Gasteiger charge is -2.17. The van der Waals surface area contributed by atoms with Crippen LogP contribution in [0.1, 0.15) is 16.0 Å². The van der Waals surface area contributed by atoms with Crippen LogP contribution in [0.5, 0.6) is 0 Å². The van der Waals surface area contributed by atoms with Crippen LogP contribution in [0.25, 0.3) is 11.0 Å². The number of likely N-dealkylation sites (N-methyl/N-ethyl adjacent to an activating group) is 1. The Labute approximate surface area is 144 Å². The first-order valence-electron chi connectivity index (χ1n) is 7.34. The smallest absolute Gasteiger partial charge is 0.242 e. The second-order valence-electron chi connectivity index (χ2n) is 5.75. The van der Waals surface area contributed by atoms with Crippen molar-refractivity contribution in [1.82, 2.24) is 14.5 Å². The SMILES string of the molecule is Cc1cc2ncn(CC(=O)N(C)Cc3ccc(Cl)s3)c2cc1C. The van der Waals surface area contributed by atoms with Crippen LogP contribution in [0.15, 0.2) is 30.6 Å². The van der Waals surface area contributed by atoms with Gasteiger partial charge in [-0.15, -0.1) is 11.3 Å². The number of benzene rings is 1. The molecule has 0 N–H and O–H groups in total. The number of rotatable bonds is 4. The zero-order valence-corrected chi connectivity index (χ0v) is 14.9. The van der Waals surface area contributed by atoms with Crippen LogP contribution in [0, 0.1) is 13.8 Å². The van der Waals surface area contributed by atoms with Gasteiger partial charge in [-0.05, 0) is 49.2 Å². The van der Waals surface area contributed by atoms with Gasteiger partial charge in [-0.25, -0.2) is 4.98 Å². The van der Waals surface area contributed by atoms with Gasteiger partial charge in [0.15, 0.2) is 0 Å². The van der Waals surface area contributed by atoms with E-state index < -0.39 is 0 Å². The molecule has 0 saturated heterocycles. The lowest BCUT2D eigenvalue weighted by molar-refractivity contribution is -0.130. The highest BCUT2D eigenvalue weighted by Crippen LogP contribution is 2.23. The van der Waals surface area contributed by atoms with Crippen molar-refractivity contribution in [3.8, 4) is 0 Å². The Morgan fingerprint density at radius 2 is 2.04 bits per heavy atom. The summed E-state index contributed by atoms with van der Waals surface area (Å²) in [6.45, 7) is 5.00. The Morgan fingerprint density at radius 1 is 1.30 bits per heavy atom. The monoisotopic (exact) mass is 347 g/mol. The molecule has 0 spiro atoms. The first-order chi connectivity index (χ1) is 10.9. The molecule has 4 nitrogen and oxygen atoms in total. The lowest BCUT2D eigenvalue weighted by Crippen LogP contribution is -2.29.